The van der Waals surface area contributed by atoms with Gasteiger partial charge in [0.25, 0.3) is 0 Å². The van der Waals surface area contributed by atoms with Crippen molar-refractivity contribution >= 4 is 5.78 Å². The first-order valence-corrected chi connectivity index (χ1v) is 8.08. The largest absolute Gasteiger partial charge is 0.490 e. The summed E-state index contributed by atoms with van der Waals surface area (Å²) in [7, 11) is 0. The Kier molecular flexibility index (Phi) is 3.05. The van der Waals surface area contributed by atoms with Crippen molar-refractivity contribution in [3.05, 3.63) is 29.8 Å². The van der Waals surface area contributed by atoms with Crippen molar-refractivity contribution in [2.24, 2.45) is 17.8 Å². The molecular formula is C18H22O2. The van der Waals surface area contributed by atoms with E-state index in [-0.39, 0.29) is 0 Å². The van der Waals surface area contributed by atoms with Crippen LogP contribution >= 0.6 is 0 Å². The second kappa shape index (κ2) is 4.91. The lowest BCUT2D eigenvalue weighted by molar-refractivity contribution is 0.0944. The molecule has 2 bridgehead atoms. The molecule has 0 aromatic heterocycles. The molecule has 3 atom stereocenters. The lowest BCUT2D eigenvalue weighted by Crippen LogP contribution is -2.15. The molecule has 0 radical (unpaired) electrons. The quantitative estimate of drug-likeness (QED) is 0.748. The fourth-order valence-electron chi connectivity index (χ4n) is 4.08. The maximum atomic E-state index is 12.4. The minimum Gasteiger partial charge on any atom is -0.490 e. The van der Waals surface area contributed by atoms with E-state index in [1.807, 2.05) is 24.3 Å². The molecule has 106 valence electrons. The van der Waals surface area contributed by atoms with E-state index < -0.39 is 0 Å². The predicted molar refractivity (Wildman–Crippen MR) is 78.0 cm³/mol. The molecule has 0 heterocycles. The van der Waals surface area contributed by atoms with Gasteiger partial charge in [0.1, 0.15) is 5.75 Å². The number of fused-ring (bicyclic) bond motifs is 2. The number of ketones is 1. The zero-order chi connectivity index (χ0) is 13.5. The molecule has 0 N–H and O–H groups in total. The molecule has 4 rings (SSSR count). The molecule has 2 heteroatoms. The smallest absolute Gasteiger partial charge is 0.163 e. The van der Waals surface area contributed by atoms with Crippen LogP contribution in [0.2, 0.25) is 0 Å². The Labute approximate surface area is 120 Å². The first-order chi connectivity index (χ1) is 9.78. The van der Waals surface area contributed by atoms with Gasteiger partial charge in [-0.05, 0) is 74.1 Å². The van der Waals surface area contributed by atoms with Gasteiger partial charge < -0.3 is 4.74 Å². The van der Waals surface area contributed by atoms with Crippen molar-refractivity contribution in [3.8, 4) is 5.75 Å². The highest BCUT2D eigenvalue weighted by Crippen LogP contribution is 2.49. The molecule has 3 fully saturated rings. The van der Waals surface area contributed by atoms with Crippen LogP contribution in [0.4, 0.5) is 0 Å². The molecule has 3 unspecified atom stereocenters. The molecule has 3 aliphatic carbocycles. The van der Waals surface area contributed by atoms with Gasteiger partial charge in [0.15, 0.2) is 5.78 Å². The van der Waals surface area contributed by atoms with E-state index in [0.29, 0.717) is 17.8 Å². The molecule has 0 aliphatic heterocycles. The molecule has 0 amide bonds. The third-order valence-corrected chi connectivity index (χ3v) is 5.34. The minimum absolute atomic E-state index is 0.320. The zero-order valence-corrected chi connectivity index (χ0v) is 11.9. The standard InChI is InChI=1S/C18H22O2/c19-18(11-15-10-12-1-2-14(15)9-12)13-3-5-16(6-4-13)20-17-7-8-17/h3-6,12,14-15,17H,1-2,7-11H2. The number of rotatable bonds is 5. The topological polar surface area (TPSA) is 26.3 Å². The van der Waals surface area contributed by atoms with Crippen LogP contribution in [-0.4, -0.2) is 11.9 Å². The SMILES string of the molecule is O=C(CC1CC2CCC1C2)c1ccc(OC2CC2)cc1. The van der Waals surface area contributed by atoms with Gasteiger partial charge in [0.05, 0.1) is 6.10 Å². The van der Waals surface area contributed by atoms with Crippen molar-refractivity contribution in [2.45, 2.75) is 51.0 Å². The van der Waals surface area contributed by atoms with Gasteiger partial charge in [0, 0.05) is 12.0 Å². The summed E-state index contributed by atoms with van der Waals surface area (Å²) in [5, 5.41) is 0. The maximum absolute atomic E-state index is 12.4. The molecule has 0 saturated heterocycles. The summed E-state index contributed by atoms with van der Waals surface area (Å²) >= 11 is 0. The van der Waals surface area contributed by atoms with E-state index in [1.165, 1.54) is 38.5 Å². The van der Waals surface area contributed by atoms with Crippen LogP contribution in [0.5, 0.6) is 5.75 Å². The summed E-state index contributed by atoms with van der Waals surface area (Å²) in [5.74, 6) is 3.64. The molecule has 0 spiro atoms. The van der Waals surface area contributed by atoms with Crippen LogP contribution in [0.1, 0.15) is 55.3 Å². The van der Waals surface area contributed by atoms with Gasteiger partial charge in [-0.2, -0.15) is 0 Å². The molecule has 3 saturated carbocycles. The van der Waals surface area contributed by atoms with Gasteiger partial charge >= 0.3 is 0 Å². The Balaban J connectivity index is 1.37. The lowest BCUT2D eigenvalue weighted by Gasteiger charge is -2.20. The lowest BCUT2D eigenvalue weighted by atomic mass is 9.84. The molecule has 20 heavy (non-hydrogen) atoms. The van der Waals surface area contributed by atoms with Crippen LogP contribution in [0, 0.1) is 17.8 Å². The summed E-state index contributed by atoms with van der Waals surface area (Å²) in [5.41, 5.74) is 0.857. The Bertz CT molecular complexity index is 501. The highest BCUT2D eigenvalue weighted by Gasteiger charge is 2.40. The Morgan fingerprint density at radius 2 is 1.85 bits per heavy atom. The van der Waals surface area contributed by atoms with E-state index in [1.54, 1.807) is 0 Å². The molecule has 1 aromatic rings. The maximum Gasteiger partial charge on any atom is 0.163 e. The predicted octanol–water partition coefficient (Wildman–Crippen LogP) is 4.24. The number of carbonyl (C=O) groups excluding carboxylic acids is 1. The molecule has 2 nitrogen and oxygen atoms in total. The van der Waals surface area contributed by atoms with Gasteiger partial charge in [-0.1, -0.05) is 6.42 Å². The number of Topliss-reactive ketones (excluding diaryl/α,β-unsaturated/α-hetero) is 1. The number of carbonyl (C=O) groups is 1. The van der Waals surface area contributed by atoms with Crippen LogP contribution in [0.3, 0.4) is 0 Å². The van der Waals surface area contributed by atoms with Gasteiger partial charge in [-0.3, -0.25) is 4.79 Å². The number of benzene rings is 1. The number of ether oxygens (including phenoxy) is 1. The van der Waals surface area contributed by atoms with Gasteiger partial charge in [-0.25, -0.2) is 0 Å². The minimum atomic E-state index is 0.320. The van der Waals surface area contributed by atoms with Gasteiger partial charge in [-0.15, -0.1) is 0 Å². The summed E-state index contributed by atoms with van der Waals surface area (Å²) in [4.78, 5) is 12.4. The van der Waals surface area contributed by atoms with E-state index >= 15 is 0 Å². The normalized spacial score (nSPS) is 31.5. The third-order valence-electron chi connectivity index (χ3n) is 5.34. The van der Waals surface area contributed by atoms with E-state index in [0.717, 1.165) is 29.6 Å². The molecule has 3 aliphatic rings. The monoisotopic (exact) mass is 270 g/mol. The fourth-order valence-corrected chi connectivity index (χ4v) is 4.08. The number of hydrogen-bond acceptors (Lipinski definition) is 2. The highest BCUT2D eigenvalue weighted by molar-refractivity contribution is 5.96. The summed E-state index contributed by atoms with van der Waals surface area (Å²) in [6.07, 6.45) is 8.95. The van der Waals surface area contributed by atoms with Crippen LogP contribution in [0.25, 0.3) is 0 Å². The van der Waals surface area contributed by atoms with Gasteiger partial charge in [0.2, 0.25) is 0 Å². The number of hydrogen-bond donors (Lipinski definition) is 0. The first kappa shape index (κ1) is 12.4. The van der Waals surface area contributed by atoms with E-state index in [4.69, 9.17) is 4.74 Å². The highest BCUT2D eigenvalue weighted by atomic mass is 16.5. The average Bonchev–Trinajstić information content (AvgIpc) is 3.03. The van der Waals surface area contributed by atoms with Crippen molar-refractivity contribution in [1.82, 2.24) is 0 Å². The van der Waals surface area contributed by atoms with Crippen molar-refractivity contribution in [2.75, 3.05) is 0 Å². The first-order valence-electron chi connectivity index (χ1n) is 8.08. The van der Waals surface area contributed by atoms with Crippen molar-refractivity contribution in [3.63, 3.8) is 0 Å². The van der Waals surface area contributed by atoms with E-state index in [9.17, 15) is 4.79 Å². The Morgan fingerprint density at radius 1 is 1.05 bits per heavy atom. The van der Waals surface area contributed by atoms with Crippen molar-refractivity contribution < 1.29 is 9.53 Å². The Hall–Kier alpha value is -1.31. The van der Waals surface area contributed by atoms with Crippen LogP contribution in [-0.2, 0) is 0 Å². The van der Waals surface area contributed by atoms with Crippen molar-refractivity contribution in [1.29, 1.82) is 0 Å². The average molecular weight is 270 g/mol. The Morgan fingerprint density at radius 3 is 2.45 bits per heavy atom. The second-order valence-electron chi connectivity index (χ2n) is 6.90. The molecule has 1 aromatic carbocycles. The van der Waals surface area contributed by atoms with Crippen LogP contribution in [0.15, 0.2) is 24.3 Å². The summed E-state index contributed by atoms with van der Waals surface area (Å²) < 4.78 is 5.72. The summed E-state index contributed by atoms with van der Waals surface area (Å²) in [6, 6.07) is 7.78. The zero-order valence-electron chi connectivity index (χ0n) is 11.9. The molecular weight excluding hydrogens is 248 g/mol. The summed E-state index contributed by atoms with van der Waals surface area (Å²) in [6.45, 7) is 0. The second-order valence-corrected chi connectivity index (χ2v) is 6.90. The van der Waals surface area contributed by atoms with E-state index in [2.05, 4.69) is 0 Å². The third kappa shape index (κ3) is 2.48. The fraction of sp³-hybridized carbons (Fsp3) is 0.611. The van der Waals surface area contributed by atoms with Crippen LogP contribution < -0.4 is 4.74 Å².